The monoisotopic (exact) mass is 563 g/mol. The van der Waals surface area contributed by atoms with Gasteiger partial charge in [-0.3, -0.25) is 0 Å². The maximum absolute atomic E-state index is 13.2. The topological polar surface area (TPSA) is 80.2 Å². The van der Waals surface area contributed by atoms with E-state index in [2.05, 4.69) is 32.9 Å². The predicted molar refractivity (Wildman–Crippen MR) is 151 cm³/mol. The van der Waals surface area contributed by atoms with E-state index in [4.69, 9.17) is 4.74 Å². The van der Waals surface area contributed by atoms with Crippen molar-refractivity contribution in [1.82, 2.24) is 20.3 Å². The smallest absolute Gasteiger partial charge is 0.416 e. The van der Waals surface area contributed by atoms with Gasteiger partial charge in [0.15, 0.2) is 5.82 Å². The van der Waals surface area contributed by atoms with Crippen LogP contribution in [-0.2, 0) is 10.9 Å². The number of rotatable bonds is 5. The number of ether oxygens (including phenoxy) is 1. The minimum Gasteiger partial charge on any atom is -0.444 e. The molecule has 0 saturated carbocycles. The van der Waals surface area contributed by atoms with Crippen LogP contribution in [-0.4, -0.2) is 45.1 Å². The first-order valence-electron chi connectivity index (χ1n) is 13.5. The lowest BCUT2D eigenvalue weighted by atomic mass is 9.95. The number of halogens is 3. The Hall–Kier alpha value is -4.21. The zero-order chi connectivity index (χ0) is 29.4. The summed E-state index contributed by atoms with van der Waals surface area (Å²) in [5, 5.41) is 16.0. The summed E-state index contributed by atoms with van der Waals surface area (Å²) in [6.07, 6.45) is -3.83. The highest BCUT2D eigenvalue weighted by molar-refractivity contribution is 5.92. The van der Waals surface area contributed by atoms with Gasteiger partial charge in [0.2, 0.25) is 0 Å². The molecule has 1 aromatic heterocycles. The number of hydrogen-bond acceptors (Lipinski definition) is 6. The van der Waals surface area contributed by atoms with Crippen LogP contribution in [0.25, 0.3) is 22.0 Å². The van der Waals surface area contributed by atoms with E-state index in [1.165, 1.54) is 6.07 Å². The molecule has 1 aliphatic rings. The summed E-state index contributed by atoms with van der Waals surface area (Å²) in [5.41, 5.74) is 2.97. The number of aromatic nitrogens is 3. The van der Waals surface area contributed by atoms with Gasteiger partial charge in [0.25, 0.3) is 0 Å². The van der Waals surface area contributed by atoms with E-state index in [0.29, 0.717) is 35.4 Å². The van der Waals surface area contributed by atoms with E-state index in [9.17, 15) is 18.0 Å². The number of hydrogen-bond donors (Lipinski definition) is 1. The first-order chi connectivity index (χ1) is 19.4. The summed E-state index contributed by atoms with van der Waals surface area (Å²) < 4.78 is 45.2. The molecule has 10 heteroatoms. The molecule has 1 aliphatic heterocycles. The number of carbonyl (C=O) groups excluding carboxylic acids is 1. The van der Waals surface area contributed by atoms with Crippen LogP contribution in [0.2, 0.25) is 0 Å². The number of amides is 1. The van der Waals surface area contributed by atoms with E-state index in [1.807, 2.05) is 51.1 Å². The molecule has 1 unspecified atom stereocenters. The summed E-state index contributed by atoms with van der Waals surface area (Å²) in [5.74, 6) is 0.673. The normalized spacial score (nSPS) is 16.6. The van der Waals surface area contributed by atoms with Gasteiger partial charge >= 0.3 is 12.3 Å². The maximum atomic E-state index is 13.2. The van der Waals surface area contributed by atoms with Gasteiger partial charge in [0.1, 0.15) is 5.60 Å². The second-order valence-corrected chi connectivity index (χ2v) is 11.4. The molecule has 1 fully saturated rings. The number of anilines is 1. The Kier molecular flexibility index (Phi) is 7.59. The third kappa shape index (κ3) is 6.58. The number of nitrogens with zero attached hydrogens (tertiary/aromatic N) is 4. The molecule has 0 bridgehead atoms. The first-order valence-corrected chi connectivity index (χ1v) is 13.5. The number of alkyl halides is 3. The van der Waals surface area contributed by atoms with Crippen LogP contribution < -0.4 is 5.32 Å². The fourth-order valence-electron chi connectivity index (χ4n) is 5.01. The minimum atomic E-state index is -4.42. The van der Waals surface area contributed by atoms with Crippen molar-refractivity contribution in [2.75, 3.05) is 18.4 Å². The molecule has 7 nitrogen and oxygen atoms in total. The molecule has 0 radical (unpaired) electrons. The molecule has 1 N–H and O–H groups in total. The molecular weight excluding hydrogens is 531 g/mol. The average Bonchev–Trinajstić information content (AvgIpc) is 3.43. The van der Waals surface area contributed by atoms with Crippen molar-refractivity contribution in [1.29, 1.82) is 0 Å². The van der Waals surface area contributed by atoms with E-state index >= 15 is 0 Å². The Morgan fingerprint density at radius 3 is 2.44 bits per heavy atom. The van der Waals surface area contributed by atoms with Gasteiger partial charge in [-0.2, -0.15) is 13.2 Å². The van der Waals surface area contributed by atoms with Crippen molar-refractivity contribution < 1.29 is 22.7 Å². The first kappa shape index (κ1) is 28.3. The van der Waals surface area contributed by atoms with Crippen LogP contribution >= 0.6 is 0 Å². The van der Waals surface area contributed by atoms with Crippen LogP contribution in [0.4, 0.5) is 23.8 Å². The lowest BCUT2D eigenvalue weighted by Crippen LogP contribution is -2.35. The molecule has 2 heterocycles. The van der Waals surface area contributed by atoms with E-state index < -0.39 is 23.4 Å². The maximum Gasteiger partial charge on any atom is 0.416 e. The lowest BCUT2D eigenvalue weighted by molar-refractivity contribution is -0.137. The zero-order valence-corrected chi connectivity index (χ0v) is 23.4. The predicted octanol–water partition coefficient (Wildman–Crippen LogP) is 7.61. The van der Waals surface area contributed by atoms with Crippen molar-refractivity contribution in [3.05, 3.63) is 83.4 Å². The second kappa shape index (κ2) is 11.0. The van der Waals surface area contributed by atoms with Crippen LogP contribution in [0, 0.1) is 0 Å². The number of likely N-dealkylation sites (tertiary alicyclic amines) is 1. The highest BCUT2D eigenvalue weighted by Crippen LogP contribution is 2.34. The fourth-order valence-corrected chi connectivity index (χ4v) is 5.01. The molecule has 0 aliphatic carbocycles. The number of fused-ring (bicyclic) bond motifs is 1. The second-order valence-electron chi connectivity index (χ2n) is 11.4. The van der Waals surface area contributed by atoms with Crippen LogP contribution in [0.15, 0.2) is 66.7 Å². The SMILES string of the molecule is C[C@@H](Nc1nnnc2ccc(-c3ccc(C4CCN(C(=O)OC(C)(C)C)C4)cc3)cc12)c1cccc(C(F)(F)F)c1. The standard InChI is InChI=1S/C31H32F3N5O2/c1-19(22-6-5-7-25(16-22)31(32,33)34)35-28-26-17-23(12-13-27(26)36-38-37-28)20-8-10-21(11-9-20)24-14-15-39(18-24)29(40)41-30(2,3)4/h5-13,16-17,19,24H,14-15,18H2,1-4H3,(H,35,36,37)/t19-,24?/m1/s1. The Balaban J connectivity index is 1.33. The van der Waals surface area contributed by atoms with E-state index in [1.54, 1.807) is 17.9 Å². The highest BCUT2D eigenvalue weighted by Gasteiger charge is 2.31. The minimum absolute atomic E-state index is 0.237. The highest BCUT2D eigenvalue weighted by atomic mass is 19.4. The molecular formula is C31H32F3N5O2. The number of benzene rings is 3. The van der Waals surface area contributed by atoms with Crippen molar-refractivity contribution >= 4 is 22.8 Å². The molecule has 2 atom stereocenters. The number of nitrogens with one attached hydrogen (secondary N) is 1. The molecule has 0 spiro atoms. The van der Waals surface area contributed by atoms with Gasteiger partial charge < -0.3 is 15.0 Å². The molecule has 41 heavy (non-hydrogen) atoms. The third-order valence-electron chi connectivity index (χ3n) is 7.17. The fraction of sp³-hybridized carbons (Fsp3) is 0.355. The molecule has 5 rings (SSSR count). The quantitative estimate of drug-likeness (QED) is 0.269. The average molecular weight is 564 g/mol. The zero-order valence-electron chi connectivity index (χ0n) is 23.4. The molecule has 1 saturated heterocycles. The van der Waals surface area contributed by atoms with E-state index in [-0.39, 0.29) is 12.0 Å². The summed E-state index contributed by atoms with van der Waals surface area (Å²) in [6.45, 7) is 8.65. The van der Waals surface area contributed by atoms with Crippen LogP contribution in [0.5, 0.6) is 0 Å². The Morgan fingerprint density at radius 1 is 1.00 bits per heavy atom. The van der Waals surface area contributed by atoms with Gasteiger partial charge in [0, 0.05) is 24.4 Å². The van der Waals surface area contributed by atoms with E-state index in [0.717, 1.165) is 35.2 Å². The van der Waals surface area contributed by atoms with Crippen molar-refractivity contribution in [2.24, 2.45) is 0 Å². The number of carbonyl (C=O) groups is 1. The molecule has 4 aromatic rings. The van der Waals surface area contributed by atoms with Gasteiger partial charge in [-0.15, -0.1) is 10.2 Å². The van der Waals surface area contributed by atoms with Crippen LogP contribution in [0.3, 0.4) is 0 Å². The Labute approximate surface area is 236 Å². The largest absolute Gasteiger partial charge is 0.444 e. The van der Waals surface area contributed by atoms with Crippen molar-refractivity contribution in [3.63, 3.8) is 0 Å². The summed E-state index contributed by atoms with van der Waals surface area (Å²) in [4.78, 5) is 14.2. The molecule has 3 aromatic carbocycles. The van der Waals surface area contributed by atoms with Gasteiger partial charge in [-0.25, -0.2) is 4.79 Å². The van der Waals surface area contributed by atoms with Crippen LogP contribution in [0.1, 0.15) is 62.8 Å². The lowest BCUT2D eigenvalue weighted by Gasteiger charge is -2.24. The third-order valence-corrected chi connectivity index (χ3v) is 7.17. The Bertz CT molecular complexity index is 1550. The molecule has 214 valence electrons. The van der Waals surface area contributed by atoms with Crippen molar-refractivity contribution in [2.45, 2.75) is 57.9 Å². The summed E-state index contributed by atoms with van der Waals surface area (Å²) >= 11 is 0. The van der Waals surface area contributed by atoms with Gasteiger partial charge in [0.05, 0.1) is 17.1 Å². The summed E-state index contributed by atoms with van der Waals surface area (Å²) in [7, 11) is 0. The Morgan fingerprint density at radius 2 is 1.73 bits per heavy atom. The van der Waals surface area contributed by atoms with Gasteiger partial charge in [-0.05, 0) is 85.8 Å². The van der Waals surface area contributed by atoms with Crippen molar-refractivity contribution in [3.8, 4) is 11.1 Å². The molecule has 1 amide bonds. The summed E-state index contributed by atoms with van der Waals surface area (Å²) in [6, 6.07) is 18.8. The van der Waals surface area contributed by atoms with Gasteiger partial charge in [-0.1, -0.05) is 42.5 Å².